The number of hydrogen-bond acceptors (Lipinski definition) is 4. The summed E-state index contributed by atoms with van der Waals surface area (Å²) >= 11 is 0. The van der Waals surface area contributed by atoms with Gasteiger partial charge in [-0.05, 0) is 26.2 Å². The molecule has 4 nitrogen and oxygen atoms in total. The molecule has 2 unspecified atom stereocenters. The molecule has 0 heterocycles. The Kier molecular flexibility index (Phi) is 23.4. The molecule has 0 aromatic rings. The first-order valence-corrected chi connectivity index (χ1v) is 13.0. The van der Waals surface area contributed by atoms with Gasteiger partial charge in [0.15, 0.2) is 0 Å². The molecular weight excluding hydrogens is 383 g/mol. The average molecular weight is 429 g/mol. The molecule has 0 bridgehead atoms. The molecule has 164 valence electrons. The van der Waals surface area contributed by atoms with Crippen molar-refractivity contribution in [3.63, 3.8) is 0 Å². The van der Waals surface area contributed by atoms with Gasteiger partial charge in [-0.15, -0.1) is 0 Å². The first-order valence-electron chi connectivity index (χ1n) is 11.5. The van der Waals surface area contributed by atoms with Crippen molar-refractivity contribution >= 4 is 10.1 Å². The number of hydrogen-bond donors (Lipinski definition) is 1. The molecule has 0 aliphatic rings. The van der Waals surface area contributed by atoms with E-state index in [0.29, 0.717) is 6.42 Å². The van der Waals surface area contributed by atoms with Gasteiger partial charge in [0.05, 0.1) is 16.2 Å². The Morgan fingerprint density at radius 2 is 1.00 bits per heavy atom. The molecule has 0 radical (unpaired) electrons. The molecule has 28 heavy (non-hydrogen) atoms. The SMILES string of the molecule is CCCCCC(O)CCCCCCCCCCCCCCC(C)S(=O)(=O)[O-].[Na+]. The molecule has 0 saturated heterocycles. The Morgan fingerprint density at radius 3 is 1.36 bits per heavy atom. The van der Waals surface area contributed by atoms with Crippen molar-refractivity contribution in [1.82, 2.24) is 0 Å². The Bertz CT molecular complexity index is 415. The number of rotatable bonds is 20. The third-order valence-electron chi connectivity index (χ3n) is 5.53. The Morgan fingerprint density at radius 1 is 0.679 bits per heavy atom. The van der Waals surface area contributed by atoms with Gasteiger partial charge >= 0.3 is 29.6 Å². The monoisotopic (exact) mass is 428 g/mol. The molecule has 6 heteroatoms. The summed E-state index contributed by atoms with van der Waals surface area (Å²) < 4.78 is 32.4. The van der Waals surface area contributed by atoms with Crippen LogP contribution in [0.25, 0.3) is 0 Å². The van der Waals surface area contributed by atoms with E-state index < -0.39 is 15.4 Å². The van der Waals surface area contributed by atoms with Crippen molar-refractivity contribution in [1.29, 1.82) is 0 Å². The van der Waals surface area contributed by atoms with Crippen LogP contribution in [0.2, 0.25) is 0 Å². The van der Waals surface area contributed by atoms with E-state index in [1.807, 2.05) is 0 Å². The number of aliphatic hydroxyl groups excluding tert-OH is 1. The van der Waals surface area contributed by atoms with Crippen LogP contribution in [-0.4, -0.2) is 29.4 Å². The van der Waals surface area contributed by atoms with E-state index in [0.717, 1.165) is 32.1 Å². The molecule has 0 aromatic carbocycles. The van der Waals surface area contributed by atoms with Crippen LogP contribution >= 0.6 is 0 Å². The molecule has 0 aromatic heterocycles. The van der Waals surface area contributed by atoms with Gasteiger partial charge in [-0.1, -0.05) is 103 Å². The summed E-state index contributed by atoms with van der Waals surface area (Å²) in [6.07, 6.45) is 20.4. The van der Waals surface area contributed by atoms with Gasteiger partial charge < -0.3 is 9.66 Å². The van der Waals surface area contributed by atoms with E-state index in [2.05, 4.69) is 6.92 Å². The van der Waals surface area contributed by atoms with Crippen LogP contribution in [0.5, 0.6) is 0 Å². The minimum Gasteiger partial charge on any atom is -0.748 e. The van der Waals surface area contributed by atoms with Gasteiger partial charge in [-0.25, -0.2) is 8.42 Å². The van der Waals surface area contributed by atoms with Crippen LogP contribution in [0.1, 0.15) is 129 Å². The first-order chi connectivity index (χ1) is 12.9. The van der Waals surface area contributed by atoms with Crippen molar-refractivity contribution in [2.24, 2.45) is 0 Å². The van der Waals surface area contributed by atoms with Crippen molar-refractivity contribution in [3.8, 4) is 0 Å². The second-order valence-electron chi connectivity index (χ2n) is 8.27. The summed E-state index contributed by atoms with van der Waals surface area (Å²) in [6.45, 7) is 3.71. The van der Waals surface area contributed by atoms with Crippen LogP contribution < -0.4 is 29.6 Å². The molecule has 0 rings (SSSR count). The molecule has 0 aliphatic carbocycles. The molecule has 2 atom stereocenters. The predicted molar refractivity (Wildman–Crippen MR) is 114 cm³/mol. The van der Waals surface area contributed by atoms with E-state index in [4.69, 9.17) is 0 Å². The Balaban J connectivity index is 0. The second-order valence-corrected chi connectivity index (χ2v) is 10.1. The summed E-state index contributed by atoms with van der Waals surface area (Å²) in [6, 6.07) is 0. The minimum absolute atomic E-state index is 0. The number of unbranched alkanes of at least 4 members (excludes halogenated alkanes) is 13. The van der Waals surface area contributed by atoms with E-state index in [9.17, 15) is 18.1 Å². The van der Waals surface area contributed by atoms with E-state index in [1.54, 1.807) is 0 Å². The van der Waals surface area contributed by atoms with Crippen LogP contribution in [0.4, 0.5) is 0 Å². The summed E-state index contributed by atoms with van der Waals surface area (Å²) in [5.74, 6) is 0. The second kappa shape index (κ2) is 21.1. The van der Waals surface area contributed by atoms with Gasteiger partial charge in [0.2, 0.25) is 0 Å². The fourth-order valence-corrected chi connectivity index (χ4v) is 3.95. The van der Waals surface area contributed by atoms with E-state index in [1.165, 1.54) is 84.0 Å². The summed E-state index contributed by atoms with van der Waals surface area (Å²) in [7, 11) is -4.09. The molecule has 0 fully saturated rings. The van der Waals surface area contributed by atoms with E-state index in [-0.39, 0.29) is 35.7 Å². The van der Waals surface area contributed by atoms with Crippen molar-refractivity contribution in [2.45, 2.75) is 141 Å². The maximum absolute atomic E-state index is 10.8. The van der Waals surface area contributed by atoms with Crippen LogP contribution in [-0.2, 0) is 10.1 Å². The van der Waals surface area contributed by atoms with Gasteiger partial charge in [0.25, 0.3) is 0 Å². The Labute approximate surface area is 197 Å². The zero-order chi connectivity index (χ0) is 20.4. The smallest absolute Gasteiger partial charge is 0.748 e. The van der Waals surface area contributed by atoms with E-state index >= 15 is 0 Å². The zero-order valence-electron chi connectivity index (χ0n) is 19.0. The standard InChI is InChI=1S/C22H46O4S.Na/c1-3-4-15-19-22(23)20-17-14-12-10-8-6-5-7-9-11-13-16-18-21(2)27(24,25)26;/h21-23H,3-20H2,1-2H3,(H,24,25,26);/q;+1/p-1. The first kappa shape index (κ1) is 31.1. The van der Waals surface area contributed by atoms with Gasteiger partial charge in [-0.3, -0.25) is 0 Å². The predicted octanol–water partition coefficient (Wildman–Crippen LogP) is 3.33. The normalized spacial score (nSPS) is 13.9. The molecule has 0 saturated carbocycles. The largest absolute Gasteiger partial charge is 1.00 e. The van der Waals surface area contributed by atoms with Crippen LogP contribution in [0.15, 0.2) is 0 Å². The topological polar surface area (TPSA) is 77.4 Å². The molecular formula is C22H45NaO4S. The molecule has 0 amide bonds. The third-order valence-corrected chi connectivity index (χ3v) is 6.75. The fraction of sp³-hybridized carbons (Fsp3) is 1.00. The van der Waals surface area contributed by atoms with Crippen LogP contribution in [0, 0.1) is 0 Å². The number of aliphatic hydroxyl groups is 1. The molecule has 1 N–H and O–H groups in total. The maximum Gasteiger partial charge on any atom is 1.00 e. The minimum atomic E-state index is -4.09. The quantitative estimate of drug-likeness (QED) is 0.183. The van der Waals surface area contributed by atoms with Gasteiger partial charge in [0.1, 0.15) is 0 Å². The summed E-state index contributed by atoms with van der Waals surface area (Å²) in [5, 5.41) is 9.14. The van der Waals surface area contributed by atoms with Crippen molar-refractivity contribution in [2.75, 3.05) is 0 Å². The molecule has 0 aliphatic heterocycles. The zero-order valence-corrected chi connectivity index (χ0v) is 21.8. The summed E-state index contributed by atoms with van der Waals surface area (Å²) in [4.78, 5) is 0. The maximum atomic E-state index is 10.8. The van der Waals surface area contributed by atoms with Crippen molar-refractivity contribution in [3.05, 3.63) is 0 Å². The molecule has 0 spiro atoms. The van der Waals surface area contributed by atoms with Gasteiger partial charge in [-0.2, -0.15) is 0 Å². The fourth-order valence-electron chi connectivity index (χ4n) is 3.50. The van der Waals surface area contributed by atoms with Crippen LogP contribution in [0.3, 0.4) is 0 Å². The third kappa shape index (κ3) is 21.6. The summed E-state index contributed by atoms with van der Waals surface area (Å²) in [5.41, 5.74) is 0. The van der Waals surface area contributed by atoms with Crippen molar-refractivity contribution < 1.29 is 47.6 Å². The average Bonchev–Trinajstić information content (AvgIpc) is 2.61. The van der Waals surface area contributed by atoms with Gasteiger partial charge in [0, 0.05) is 5.25 Å². The Hall–Kier alpha value is 0.870.